The van der Waals surface area contributed by atoms with Gasteiger partial charge in [0.05, 0.1) is 7.11 Å². The van der Waals surface area contributed by atoms with E-state index in [4.69, 9.17) is 4.74 Å². The van der Waals surface area contributed by atoms with Crippen LogP contribution < -0.4 is 4.74 Å². The molecule has 21 heavy (non-hydrogen) atoms. The summed E-state index contributed by atoms with van der Waals surface area (Å²) < 4.78 is 4.11. The van der Waals surface area contributed by atoms with E-state index in [9.17, 15) is 9.90 Å². The molecule has 0 atom stereocenters. The highest BCUT2D eigenvalue weighted by molar-refractivity contribution is 8.01. The van der Waals surface area contributed by atoms with Gasteiger partial charge in [0.15, 0.2) is 0 Å². The fraction of sp³-hybridized carbons (Fsp3) is 0.267. The predicted molar refractivity (Wildman–Crippen MR) is 81.6 cm³/mol. The van der Waals surface area contributed by atoms with E-state index in [2.05, 4.69) is 9.97 Å². The Morgan fingerprint density at radius 3 is 2.62 bits per heavy atom. The van der Waals surface area contributed by atoms with Crippen LogP contribution in [0.5, 0.6) is 5.88 Å². The minimum Gasteiger partial charge on any atom is -0.481 e. The van der Waals surface area contributed by atoms with E-state index >= 15 is 0 Å². The molecule has 0 unspecified atom stereocenters. The zero-order valence-electron chi connectivity index (χ0n) is 12.0. The zero-order chi connectivity index (χ0) is 15.5. The number of aromatic nitrogens is 2. The van der Waals surface area contributed by atoms with Crippen molar-refractivity contribution in [3.63, 3.8) is 0 Å². The van der Waals surface area contributed by atoms with Crippen LogP contribution in [0.4, 0.5) is 0 Å². The molecule has 0 radical (unpaired) electrons. The maximum atomic E-state index is 11.3. The van der Waals surface area contributed by atoms with Crippen LogP contribution in [-0.4, -0.2) is 32.9 Å². The van der Waals surface area contributed by atoms with Crippen molar-refractivity contribution in [1.82, 2.24) is 9.97 Å². The number of methoxy groups -OCH3 is 1. The average Bonchev–Trinajstić information content (AvgIpc) is 2.47. The normalized spacial score (nSPS) is 11.2. The van der Waals surface area contributed by atoms with E-state index in [-0.39, 0.29) is 0 Å². The Morgan fingerprint density at radius 2 is 2.05 bits per heavy atom. The first-order valence-electron chi connectivity index (χ1n) is 6.31. The number of pyridine rings is 2. The van der Waals surface area contributed by atoms with Crippen molar-refractivity contribution in [2.24, 2.45) is 0 Å². The summed E-state index contributed by atoms with van der Waals surface area (Å²) in [5.74, 6) is -0.331. The van der Waals surface area contributed by atoms with Gasteiger partial charge in [0.1, 0.15) is 4.75 Å². The lowest BCUT2D eigenvalue weighted by Gasteiger charge is -2.20. The van der Waals surface area contributed by atoms with Gasteiger partial charge >= 0.3 is 5.97 Å². The second kappa shape index (κ2) is 6.13. The predicted octanol–water partition coefficient (Wildman–Crippen LogP) is 3.11. The van der Waals surface area contributed by atoms with Gasteiger partial charge in [-0.25, -0.2) is 4.98 Å². The van der Waals surface area contributed by atoms with Crippen LogP contribution in [0.3, 0.4) is 0 Å². The van der Waals surface area contributed by atoms with Crippen LogP contribution in [0.1, 0.15) is 13.8 Å². The summed E-state index contributed by atoms with van der Waals surface area (Å²) in [6.45, 7) is 3.34. The molecule has 110 valence electrons. The number of carboxylic acids is 1. The molecule has 0 amide bonds. The van der Waals surface area contributed by atoms with E-state index in [1.54, 1.807) is 45.6 Å². The second-order valence-corrected chi connectivity index (χ2v) is 6.54. The molecule has 0 saturated heterocycles. The number of rotatable bonds is 5. The largest absolute Gasteiger partial charge is 0.481 e. The van der Waals surface area contributed by atoms with Gasteiger partial charge in [-0.1, -0.05) is 0 Å². The highest BCUT2D eigenvalue weighted by atomic mass is 32.2. The maximum absolute atomic E-state index is 11.3. The van der Waals surface area contributed by atoms with Crippen molar-refractivity contribution in [2.45, 2.75) is 23.5 Å². The standard InChI is InChI=1S/C15H16N2O3S/c1-15(2,14(18)19)21-12-9-16-7-6-11(12)10-4-5-13(20-3)17-8-10/h4-9H,1-3H3,(H,18,19). The van der Waals surface area contributed by atoms with Gasteiger partial charge in [0, 0.05) is 35.1 Å². The minimum absolute atomic E-state index is 0.535. The molecule has 2 rings (SSSR count). The molecule has 0 aliphatic heterocycles. The van der Waals surface area contributed by atoms with E-state index < -0.39 is 10.7 Å². The van der Waals surface area contributed by atoms with Crippen molar-refractivity contribution >= 4 is 17.7 Å². The second-order valence-electron chi connectivity index (χ2n) is 4.88. The Balaban J connectivity index is 2.38. The molecule has 0 aliphatic carbocycles. The summed E-state index contributed by atoms with van der Waals surface area (Å²) in [6, 6.07) is 5.51. The fourth-order valence-electron chi connectivity index (χ4n) is 1.68. The monoisotopic (exact) mass is 304 g/mol. The summed E-state index contributed by atoms with van der Waals surface area (Å²) in [7, 11) is 1.56. The summed E-state index contributed by atoms with van der Waals surface area (Å²) in [4.78, 5) is 20.4. The third kappa shape index (κ3) is 3.52. The quantitative estimate of drug-likeness (QED) is 0.856. The Bertz CT molecular complexity index is 642. The molecule has 0 aromatic carbocycles. The van der Waals surface area contributed by atoms with Gasteiger partial charge < -0.3 is 9.84 Å². The summed E-state index contributed by atoms with van der Waals surface area (Å²) >= 11 is 1.26. The fourth-order valence-corrected chi connectivity index (χ4v) is 2.73. The van der Waals surface area contributed by atoms with Crippen LogP contribution in [0.15, 0.2) is 41.7 Å². The van der Waals surface area contributed by atoms with Gasteiger partial charge in [-0.15, -0.1) is 11.8 Å². The van der Waals surface area contributed by atoms with E-state index in [1.807, 2.05) is 12.1 Å². The number of hydrogen-bond acceptors (Lipinski definition) is 5. The van der Waals surface area contributed by atoms with Crippen molar-refractivity contribution in [1.29, 1.82) is 0 Å². The number of hydrogen-bond donors (Lipinski definition) is 1. The Morgan fingerprint density at radius 1 is 1.29 bits per heavy atom. The zero-order valence-corrected chi connectivity index (χ0v) is 12.8. The summed E-state index contributed by atoms with van der Waals surface area (Å²) in [5.41, 5.74) is 1.79. The maximum Gasteiger partial charge on any atom is 0.319 e. The van der Waals surface area contributed by atoms with Crippen LogP contribution in [-0.2, 0) is 4.79 Å². The first kappa shape index (κ1) is 15.3. The van der Waals surface area contributed by atoms with Crippen LogP contribution >= 0.6 is 11.8 Å². The van der Waals surface area contributed by atoms with Gasteiger partial charge in [0.2, 0.25) is 5.88 Å². The van der Waals surface area contributed by atoms with Crippen LogP contribution in [0, 0.1) is 0 Å². The average molecular weight is 304 g/mol. The molecule has 2 aromatic heterocycles. The number of aliphatic carboxylic acids is 1. The van der Waals surface area contributed by atoms with Crippen molar-refractivity contribution < 1.29 is 14.6 Å². The van der Waals surface area contributed by atoms with Crippen molar-refractivity contribution in [2.75, 3.05) is 7.11 Å². The molecule has 1 N–H and O–H groups in total. The van der Waals surface area contributed by atoms with Crippen LogP contribution in [0.2, 0.25) is 0 Å². The van der Waals surface area contributed by atoms with E-state index in [0.717, 1.165) is 16.0 Å². The molecule has 2 heterocycles. The number of carboxylic acid groups (broad SMARTS) is 1. The Hall–Kier alpha value is -2.08. The molecule has 5 nitrogen and oxygen atoms in total. The first-order valence-corrected chi connectivity index (χ1v) is 7.12. The molecule has 2 aromatic rings. The molecule has 0 aliphatic rings. The minimum atomic E-state index is -0.933. The number of ether oxygens (including phenoxy) is 1. The third-order valence-electron chi connectivity index (χ3n) is 2.92. The summed E-state index contributed by atoms with van der Waals surface area (Å²) in [5, 5.41) is 9.26. The smallest absolute Gasteiger partial charge is 0.319 e. The summed E-state index contributed by atoms with van der Waals surface area (Å²) in [6.07, 6.45) is 5.05. The SMILES string of the molecule is COc1ccc(-c2ccncc2SC(C)(C)C(=O)O)cn1. The molecular weight excluding hydrogens is 288 g/mol. The number of thioether (sulfide) groups is 1. The highest BCUT2D eigenvalue weighted by Crippen LogP contribution is 2.38. The molecule has 6 heteroatoms. The lowest BCUT2D eigenvalue weighted by atomic mass is 10.1. The Labute approximate surface area is 127 Å². The molecule has 0 fully saturated rings. The van der Waals surface area contributed by atoms with Gasteiger partial charge in [-0.2, -0.15) is 0 Å². The van der Waals surface area contributed by atoms with E-state index in [1.165, 1.54) is 11.8 Å². The number of carbonyl (C=O) groups is 1. The molecule has 0 bridgehead atoms. The van der Waals surface area contributed by atoms with Gasteiger partial charge in [-0.3, -0.25) is 9.78 Å². The van der Waals surface area contributed by atoms with E-state index in [0.29, 0.717) is 5.88 Å². The van der Waals surface area contributed by atoms with Crippen molar-refractivity contribution in [3.8, 4) is 17.0 Å². The Kier molecular flexibility index (Phi) is 4.47. The van der Waals surface area contributed by atoms with Gasteiger partial charge in [-0.05, 0) is 31.5 Å². The lowest BCUT2D eigenvalue weighted by molar-refractivity contribution is -0.138. The molecule has 0 saturated carbocycles. The topological polar surface area (TPSA) is 72.3 Å². The first-order chi connectivity index (χ1) is 9.94. The molecular formula is C15H16N2O3S. The lowest BCUT2D eigenvalue weighted by Crippen LogP contribution is -2.27. The third-order valence-corrected chi connectivity index (χ3v) is 4.15. The van der Waals surface area contributed by atoms with Crippen molar-refractivity contribution in [3.05, 3.63) is 36.8 Å². The highest BCUT2D eigenvalue weighted by Gasteiger charge is 2.29. The van der Waals surface area contributed by atoms with Gasteiger partial charge in [0.25, 0.3) is 0 Å². The number of nitrogens with zero attached hydrogens (tertiary/aromatic N) is 2. The van der Waals surface area contributed by atoms with Crippen LogP contribution in [0.25, 0.3) is 11.1 Å². The molecule has 0 spiro atoms.